The fraction of sp³-hybridized carbons (Fsp3) is 1.00. The maximum atomic E-state index is 2.26. The molecule has 0 saturated heterocycles. The van der Waals surface area contributed by atoms with Gasteiger partial charge in [0, 0.05) is 37.7 Å². The van der Waals surface area contributed by atoms with Gasteiger partial charge in [0.1, 0.15) is 0 Å². The zero-order valence-electron chi connectivity index (χ0n) is 6.60. The van der Waals surface area contributed by atoms with Gasteiger partial charge in [0.2, 0.25) is 0 Å². The van der Waals surface area contributed by atoms with Crippen LogP contribution in [0, 0.1) is 37.7 Å². The van der Waals surface area contributed by atoms with Gasteiger partial charge < -0.3 is 0 Å². The van der Waals surface area contributed by atoms with Crippen molar-refractivity contribution in [1.29, 1.82) is 0 Å². The van der Waals surface area contributed by atoms with Crippen LogP contribution < -0.4 is 0 Å². The summed E-state index contributed by atoms with van der Waals surface area (Å²) in [5.74, 6) is 0. The van der Waals surface area contributed by atoms with Crippen LogP contribution in [0.2, 0.25) is 0 Å². The van der Waals surface area contributed by atoms with Crippen LogP contribution in [0.25, 0.3) is 0 Å². The van der Waals surface area contributed by atoms with Gasteiger partial charge in [0.05, 0.1) is 0 Å². The molecule has 1 heteroatoms. The maximum absolute atomic E-state index is 2.26. The molecule has 58 valence electrons. The Morgan fingerprint density at radius 1 is 0.667 bits per heavy atom. The third-order valence-electron chi connectivity index (χ3n) is 1.46. The van der Waals surface area contributed by atoms with Crippen LogP contribution in [-0.2, 0) is 0 Å². The van der Waals surface area contributed by atoms with Crippen LogP contribution in [0.15, 0.2) is 0 Å². The molecule has 0 unspecified atom stereocenters. The predicted octanol–water partition coefficient (Wildman–Crippen LogP) is 3.37. The molecule has 0 rings (SSSR count). The van der Waals surface area contributed by atoms with Crippen molar-refractivity contribution in [3.63, 3.8) is 0 Å². The molecule has 0 saturated carbocycles. The third kappa shape index (κ3) is 12.5. The molecule has 9 heavy (non-hydrogen) atoms. The number of hydrogen-bond donors (Lipinski definition) is 0. The van der Waals surface area contributed by atoms with E-state index in [4.69, 9.17) is 0 Å². The molecule has 0 spiro atoms. The van der Waals surface area contributed by atoms with Crippen LogP contribution in [0.4, 0.5) is 0 Å². The number of rotatable bonds is 5. The van der Waals surface area contributed by atoms with E-state index >= 15 is 0 Å². The summed E-state index contributed by atoms with van der Waals surface area (Å²) in [4.78, 5) is 0. The Bertz CT molecular complexity index is 29.5. The molecular weight excluding hydrogens is 136 g/mol. The molecule has 0 nitrogen and oxygen atoms in total. The quantitative estimate of drug-likeness (QED) is 0.532. The van der Waals surface area contributed by atoms with Crippen molar-refractivity contribution in [2.24, 2.45) is 0 Å². The smallest absolute Gasteiger partial charge is 0 e. The van der Waals surface area contributed by atoms with Crippen LogP contribution in [-0.4, -0.2) is 0 Å². The molecule has 0 fully saturated rings. The minimum absolute atomic E-state index is 0. The van der Waals surface area contributed by atoms with Crippen LogP contribution in [0.3, 0.4) is 0 Å². The topological polar surface area (TPSA) is 0 Å². The molecule has 0 amide bonds. The van der Waals surface area contributed by atoms with E-state index < -0.39 is 0 Å². The van der Waals surface area contributed by atoms with Crippen LogP contribution in [0.1, 0.15) is 52.4 Å². The molecule has 0 aliphatic heterocycles. The molecule has 0 aliphatic carbocycles. The van der Waals surface area contributed by atoms with Gasteiger partial charge in [0.15, 0.2) is 0 Å². The van der Waals surface area contributed by atoms with E-state index in [9.17, 15) is 0 Å². The first-order valence-corrected chi connectivity index (χ1v) is 3.91. The zero-order chi connectivity index (χ0) is 6.24. The van der Waals surface area contributed by atoms with Crippen molar-refractivity contribution in [2.75, 3.05) is 0 Å². The molecule has 0 aromatic carbocycles. The standard InChI is InChI=1S/C8H18.Ar/c1-3-5-7-8-6-4-2;/h3-8H2,1-2H3;. The van der Waals surface area contributed by atoms with E-state index in [1.165, 1.54) is 38.5 Å². The summed E-state index contributed by atoms with van der Waals surface area (Å²) in [5.41, 5.74) is 0. The summed E-state index contributed by atoms with van der Waals surface area (Å²) in [6, 6.07) is 0. The van der Waals surface area contributed by atoms with Gasteiger partial charge in [-0.05, 0) is 0 Å². The van der Waals surface area contributed by atoms with E-state index in [1.54, 1.807) is 0 Å². The van der Waals surface area contributed by atoms with Gasteiger partial charge in [-0.2, -0.15) is 0 Å². The Morgan fingerprint density at radius 3 is 1.22 bits per heavy atom. The van der Waals surface area contributed by atoms with Crippen LogP contribution >= 0.6 is 0 Å². The van der Waals surface area contributed by atoms with Crippen molar-refractivity contribution in [3.8, 4) is 0 Å². The Morgan fingerprint density at radius 2 is 1.00 bits per heavy atom. The van der Waals surface area contributed by atoms with Gasteiger partial charge in [-0.3, -0.25) is 0 Å². The van der Waals surface area contributed by atoms with E-state index in [-0.39, 0.29) is 37.7 Å². The van der Waals surface area contributed by atoms with Crippen LogP contribution in [0.5, 0.6) is 0 Å². The third-order valence-corrected chi connectivity index (χ3v) is 1.46. The van der Waals surface area contributed by atoms with Gasteiger partial charge >= 0.3 is 0 Å². The van der Waals surface area contributed by atoms with E-state index in [0.717, 1.165) is 0 Å². The number of unbranched alkanes of at least 4 members (excludes halogenated alkanes) is 5. The predicted molar refractivity (Wildman–Crippen MR) is 39.0 cm³/mol. The second kappa shape index (κ2) is 12.0. The van der Waals surface area contributed by atoms with E-state index in [1.807, 2.05) is 0 Å². The summed E-state index contributed by atoms with van der Waals surface area (Å²) in [5, 5.41) is 0. The fourth-order valence-corrected chi connectivity index (χ4v) is 0.854. The Labute approximate surface area is 89.4 Å². The maximum Gasteiger partial charge on any atom is 0 e. The van der Waals surface area contributed by atoms with Gasteiger partial charge in [-0.25, -0.2) is 0 Å². The normalized spacial score (nSPS) is 8.67. The van der Waals surface area contributed by atoms with Crippen molar-refractivity contribution < 1.29 is 37.7 Å². The Balaban J connectivity index is 0. The summed E-state index contributed by atoms with van der Waals surface area (Å²) in [6.07, 6.45) is 8.49. The van der Waals surface area contributed by atoms with Gasteiger partial charge in [-0.1, -0.05) is 52.4 Å². The molecule has 0 aromatic heterocycles. The molecule has 0 aromatic rings. The summed E-state index contributed by atoms with van der Waals surface area (Å²) >= 11 is 0. The molecule has 0 radical (unpaired) electrons. The van der Waals surface area contributed by atoms with Crippen molar-refractivity contribution in [1.82, 2.24) is 0 Å². The zero-order valence-corrected chi connectivity index (χ0v) is 7.30. The SMILES string of the molecule is CCCCCCCC.[Ar]. The van der Waals surface area contributed by atoms with E-state index in [2.05, 4.69) is 13.8 Å². The second-order valence-electron chi connectivity index (χ2n) is 2.41. The first kappa shape index (κ1) is 12.9. The first-order chi connectivity index (χ1) is 3.91. The van der Waals surface area contributed by atoms with Crippen molar-refractivity contribution in [3.05, 3.63) is 0 Å². The summed E-state index contributed by atoms with van der Waals surface area (Å²) in [7, 11) is 0. The number of hydrogen-bond acceptors (Lipinski definition) is 0. The van der Waals surface area contributed by atoms with Gasteiger partial charge in [-0.15, -0.1) is 0 Å². The summed E-state index contributed by atoms with van der Waals surface area (Å²) in [6.45, 7) is 4.51. The molecule has 0 N–H and O–H groups in total. The average Bonchev–Trinajstić information content (AvgIpc) is 1.81. The average molecular weight is 154 g/mol. The molecule has 0 atom stereocenters. The Hall–Kier alpha value is 1.26. The molecular formula is C8H18Ar. The van der Waals surface area contributed by atoms with Crippen molar-refractivity contribution >= 4 is 0 Å². The minimum atomic E-state index is 0. The molecule has 0 aliphatic rings. The largest absolute Gasteiger partial charge is 0.0654 e. The summed E-state index contributed by atoms with van der Waals surface area (Å²) < 4.78 is 0. The van der Waals surface area contributed by atoms with Crippen molar-refractivity contribution in [2.45, 2.75) is 52.4 Å². The Kier molecular flexibility index (Phi) is 17.2. The van der Waals surface area contributed by atoms with E-state index in [0.29, 0.717) is 0 Å². The minimum Gasteiger partial charge on any atom is -0.0654 e. The first-order valence-electron chi connectivity index (χ1n) is 3.91. The fourth-order valence-electron chi connectivity index (χ4n) is 0.854. The monoisotopic (exact) mass is 154 g/mol. The van der Waals surface area contributed by atoms with Gasteiger partial charge in [0.25, 0.3) is 0 Å². The molecule has 0 bridgehead atoms. The second-order valence-corrected chi connectivity index (χ2v) is 2.41. The molecule has 0 heterocycles.